The molecule has 1 saturated heterocycles. The smallest absolute Gasteiger partial charge is 0.263 e. The van der Waals surface area contributed by atoms with Crippen molar-refractivity contribution in [1.82, 2.24) is 15.2 Å². The van der Waals surface area contributed by atoms with Crippen LogP contribution in [0.4, 0.5) is 5.69 Å². The van der Waals surface area contributed by atoms with Crippen molar-refractivity contribution in [3.05, 3.63) is 59.4 Å². The summed E-state index contributed by atoms with van der Waals surface area (Å²) in [5, 5.41) is 3.26. The Kier molecular flexibility index (Phi) is 6.11. The number of carbonyl (C=O) groups excluding carboxylic acids is 3. The Balaban J connectivity index is 1.26. The van der Waals surface area contributed by atoms with Gasteiger partial charge in [-0.15, -0.1) is 0 Å². The molecule has 7 heteroatoms. The van der Waals surface area contributed by atoms with Gasteiger partial charge in [-0.2, -0.15) is 0 Å². The van der Waals surface area contributed by atoms with E-state index in [0.29, 0.717) is 30.3 Å². The Bertz CT molecular complexity index is 1040. The van der Waals surface area contributed by atoms with Gasteiger partial charge in [0.25, 0.3) is 11.8 Å². The molecule has 0 unspecified atom stereocenters. The monoisotopic (exact) mass is 446 g/mol. The maximum atomic E-state index is 13.3. The molecule has 1 N–H and O–H groups in total. The quantitative estimate of drug-likeness (QED) is 0.711. The van der Waals surface area contributed by atoms with E-state index in [1.807, 2.05) is 18.2 Å². The first-order valence-electron chi connectivity index (χ1n) is 12.1. The predicted molar refractivity (Wildman–Crippen MR) is 125 cm³/mol. The molecule has 1 aliphatic carbocycles. The number of carbonyl (C=O) groups is 3. The maximum absolute atomic E-state index is 13.3. The Morgan fingerprint density at radius 3 is 2.48 bits per heavy atom. The van der Waals surface area contributed by atoms with Gasteiger partial charge in [0.1, 0.15) is 0 Å². The maximum Gasteiger partial charge on any atom is 0.263 e. The van der Waals surface area contributed by atoms with Crippen molar-refractivity contribution >= 4 is 23.4 Å². The Hall–Kier alpha value is -3.22. The van der Waals surface area contributed by atoms with Gasteiger partial charge in [0.2, 0.25) is 5.91 Å². The minimum absolute atomic E-state index is 0.0133. The number of piperidine rings is 1. The van der Waals surface area contributed by atoms with Gasteiger partial charge in [0.05, 0.1) is 23.4 Å². The van der Waals surface area contributed by atoms with Crippen LogP contribution in [0.3, 0.4) is 0 Å². The lowest BCUT2D eigenvalue weighted by Crippen LogP contribution is -2.44. The lowest BCUT2D eigenvalue weighted by Gasteiger charge is -2.34. The van der Waals surface area contributed by atoms with Crippen LogP contribution >= 0.6 is 0 Å². The van der Waals surface area contributed by atoms with E-state index in [4.69, 9.17) is 0 Å². The first kappa shape index (κ1) is 21.6. The molecule has 3 amide bonds. The van der Waals surface area contributed by atoms with Crippen LogP contribution in [0.1, 0.15) is 71.2 Å². The van der Waals surface area contributed by atoms with Gasteiger partial charge in [-0.1, -0.05) is 31.4 Å². The van der Waals surface area contributed by atoms with Crippen molar-refractivity contribution in [2.75, 3.05) is 18.0 Å². The Labute approximate surface area is 194 Å². The second-order valence-electron chi connectivity index (χ2n) is 9.36. The molecule has 0 atom stereocenters. The summed E-state index contributed by atoms with van der Waals surface area (Å²) in [5.74, 6) is -0.331. The number of benzene rings is 1. The number of amides is 3. The van der Waals surface area contributed by atoms with Gasteiger partial charge in [0.15, 0.2) is 0 Å². The summed E-state index contributed by atoms with van der Waals surface area (Å²) in [6.07, 6.45) is 10.7. The molecule has 0 bridgehead atoms. The molecule has 5 rings (SSSR count). The lowest BCUT2D eigenvalue weighted by atomic mass is 9.92. The van der Waals surface area contributed by atoms with E-state index >= 15 is 0 Å². The van der Waals surface area contributed by atoms with Gasteiger partial charge in [-0.25, -0.2) is 0 Å². The highest BCUT2D eigenvalue weighted by molar-refractivity contribution is 6.23. The standard InChI is InChI=1S/C26H30N4O3/c31-24(28-20-7-2-1-3-8-20)19-11-14-29(15-12-19)22-10-4-9-21-23(22)26(33)30(25(21)32)17-18-6-5-13-27-16-18/h4-6,9-10,13,16,19-20H,1-3,7-8,11-12,14-15,17H2,(H,28,31). The molecular weight excluding hydrogens is 416 g/mol. The Morgan fingerprint density at radius 2 is 1.76 bits per heavy atom. The number of nitrogens with zero attached hydrogens (tertiary/aromatic N) is 3. The summed E-state index contributed by atoms with van der Waals surface area (Å²) in [7, 11) is 0. The first-order valence-corrected chi connectivity index (χ1v) is 12.1. The summed E-state index contributed by atoms with van der Waals surface area (Å²) in [6.45, 7) is 1.61. The highest BCUT2D eigenvalue weighted by Crippen LogP contribution is 2.34. The van der Waals surface area contributed by atoms with E-state index in [0.717, 1.165) is 36.9 Å². The molecule has 3 aliphatic rings. The van der Waals surface area contributed by atoms with Gasteiger partial charge < -0.3 is 10.2 Å². The van der Waals surface area contributed by atoms with Gasteiger partial charge in [-0.3, -0.25) is 24.3 Å². The third-order valence-electron chi connectivity index (χ3n) is 7.20. The van der Waals surface area contributed by atoms with Crippen LogP contribution in [0.15, 0.2) is 42.7 Å². The second kappa shape index (κ2) is 9.33. The van der Waals surface area contributed by atoms with Crippen LogP contribution in [0.2, 0.25) is 0 Å². The van der Waals surface area contributed by atoms with E-state index in [2.05, 4.69) is 15.2 Å². The zero-order valence-corrected chi connectivity index (χ0v) is 18.8. The molecule has 2 aromatic rings. The topological polar surface area (TPSA) is 82.6 Å². The highest BCUT2D eigenvalue weighted by Gasteiger charge is 2.39. The predicted octanol–water partition coefficient (Wildman–Crippen LogP) is 3.54. The SMILES string of the molecule is O=C(NC1CCCCC1)C1CCN(c2cccc3c2C(=O)N(Cc2cccnc2)C3=O)CC1. The van der Waals surface area contributed by atoms with Crippen LogP contribution < -0.4 is 10.2 Å². The molecule has 1 aromatic carbocycles. The number of anilines is 1. The van der Waals surface area contributed by atoms with Crippen molar-refractivity contribution in [3.8, 4) is 0 Å². The summed E-state index contributed by atoms with van der Waals surface area (Å²) in [4.78, 5) is 46.6. The van der Waals surface area contributed by atoms with E-state index < -0.39 is 0 Å². The Morgan fingerprint density at radius 1 is 0.970 bits per heavy atom. The van der Waals surface area contributed by atoms with Crippen LogP contribution in [-0.4, -0.2) is 46.7 Å². The minimum Gasteiger partial charge on any atom is -0.371 e. The number of hydrogen-bond acceptors (Lipinski definition) is 5. The molecule has 33 heavy (non-hydrogen) atoms. The number of hydrogen-bond donors (Lipinski definition) is 1. The fraction of sp³-hybridized carbons (Fsp3) is 0.462. The van der Waals surface area contributed by atoms with Crippen LogP contribution in [0.5, 0.6) is 0 Å². The largest absolute Gasteiger partial charge is 0.371 e. The number of imide groups is 1. The molecule has 1 aromatic heterocycles. The summed E-state index contributed by atoms with van der Waals surface area (Å²) < 4.78 is 0. The zero-order chi connectivity index (χ0) is 22.8. The lowest BCUT2D eigenvalue weighted by molar-refractivity contribution is -0.126. The second-order valence-corrected chi connectivity index (χ2v) is 9.36. The van der Waals surface area contributed by atoms with Gasteiger partial charge in [0, 0.05) is 37.4 Å². The summed E-state index contributed by atoms with van der Waals surface area (Å²) in [6, 6.07) is 9.48. The third-order valence-corrected chi connectivity index (χ3v) is 7.20. The molecule has 2 aliphatic heterocycles. The highest BCUT2D eigenvalue weighted by atomic mass is 16.2. The third kappa shape index (κ3) is 4.36. The van der Waals surface area contributed by atoms with Crippen molar-refractivity contribution in [1.29, 1.82) is 0 Å². The minimum atomic E-state index is -0.262. The van der Waals surface area contributed by atoms with Crippen LogP contribution in [-0.2, 0) is 11.3 Å². The molecule has 0 radical (unpaired) electrons. The van der Waals surface area contributed by atoms with Crippen molar-refractivity contribution in [2.45, 2.75) is 57.5 Å². The number of aromatic nitrogens is 1. The average Bonchev–Trinajstić information content (AvgIpc) is 3.10. The van der Waals surface area contributed by atoms with E-state index in [1.54, 1.807) is 24.5 Å². The average molecular weight is 447 g/mol. The number of fused-ring (bicyclic) bond motifs is 1. The molecule has 172 valence electrons. The van der Waals surface area contributed by atoms with Crippen molar-refractivity contribution in [2.24, 2.45) is 5.92 Å². The molecule has 0 spiro atoms. The number of rotatable bonds is 5. The van der Waals surface area contributed by atoms with E-state index in [-0.39, 0.29) is 30.2 Å². The number of nitrogens with one attached hydrogen (secondary N) is 1. The summed E-state index contributed by atoms with van der Waals surface area (Å²) in [5.41, 5.74) is 2.55. The molecule has 1 saturated carbocycles. The van der Waals surface area contributed by atoms with E-state index in [1.165, 1.54) is 24.2 Å². The van der Waals surface area contributed by atoms with E-state index in [9.17, 15) is 14.4 Å². The van der Waals surface area contributed by atoms with Crippen LogP contribution in [0.25, 0.3) is 0 Å². The first-order chi connectivity index (χ1) is 16.1. The van der Waals surface area contributed by atoms with Crippen molar-refractivity contribution in [3.63, 3.8) is 0 Å². The normalized spacial score (nSPS) is 19.6. The number of pyridine rings is 1. The molecule has 7 nitrogen and oxygen atoms in total. The molecule has 2 fully saturated rings. The fourth-order valence-corrected chi connectivity index (χ4v) is 5.35. The van der Waals surface area contributed by atoms with Crippen LogP contribution in [0, 0.1) is 5.92 Å². The van der Waals surface area contributed by atoms with Gasteiger partial charge in [-0.05, 0) is 49.4 Å². The zero-order valence-electron chi connectivity index (χ0n) is 18.8. The fourth-order valence-electron chi connectivity index (χ4n) is 5.35. The van der Waals surface area contributed by atoms with Crippen molar-refractivity contribution < 1.29 is 14.4 Å². The van der Waals surface area contributed by atoms with Gasteiger partial charge >= 0.3 is 0 Å². The molecular formula is C26H30N4O3. The summed E-state index contributed by atoms with van der Waals surface area (Å²) >= 11 is 0. The molecule has 3 heterocycles.